The molecule has 274 valence electrons. The summed E-state index contributed by atoms with van der Waals surface area (Å²) >= 11 is 0. The fraction of sp³-hybridized carbons (Fsp3) is 0.0175. The van der Waals surface area contributed by atoms with Crippen molar-refractivity contribution in [1.82, 2.24) is 0 Å². The SMILES string of the molecule is C=C/C(=C\C)c1ccc(-c2ccc(N(c3ccc(-c4cc5ccccc5c5ccccc45)cc3)c3ccc(-c4cc5ccccc5c5ccccc45)cc3)cc2)cc1. The van der Waals surface area contributed by atoms with Gasteiger partial charge in [0.15, 0.2) is 0 Å². The first-order valence-corrected chi connectivity index (χ1v) is 20.0. The Bertz CT molecular complexity index is 2990. The summed E-state index contributed by atoms with van der Waals surface area (Å²) in [4.78, 5) is 2.36. The van der Waals surface area contributed by atoms with Crippen molar-refractivity contribution in [3.05, 3.63) is 231 Å². The topological polar surface area (TPSA) is 3.24 Å². The van der Waals surface area contributed by atoms with Gasteiger partial charge in [-0.1, -0.05) is 176 Å². The number of hydrogen-bond acceptors (Lipinski definition) is 1. The van der Waals surface area contributed by atoms with Crippen molar-refractivity contribution in [2.45, 2.75) is 6.92 Å². The largest absolute Gasteiger partial charge is 0.311 e. The third-order valence-corrected chi connectivity index (χ3v) is 11.6. The highest BCUT2D eigenvalue weighted by Crippen LogP contribution is 2.41. The summed E-state index contributed by atoms with van der Waals surface area (Å²) in [6.07, 6.45) is 4.00. The molecule has 0 aromatic heterocycles. The van der Waals surface area contributed by atoms with Crippen LogP contribution in [0.15, 0.2) is 225 Å². The molecule has 0 radical (unpaired) electrons. The van der Waals surface area contributed by atoms with Crippen molar-refractivity contribution in [1.29, 1.82) is 0 Å². The lowest BCUT2D eigenvalue weighted by atomic mass is 9.93. The summed E-state index contributed by atoms with van der Waals surface area (Å²) in [5.41, 5.74) is 12.8. The Labute approximate surface area is 340 Å². The number of rotatable bonds is 8. The van der Waals surface area contributed by atoms with E-state index in [2.05, 4.69) is 224 Å². The maximum atomic E-state index is 3.98. The highest BCUT2D eigenvalue weighted by Gasteiger charge is 2.16. The molecule has 0 atom stereocenters. The Morgan fingerprint density at radius 1 is 0.379 bits per heavy atom. The predicted molar refractivity (Wildman–Crippen MR) is 251 cm³/mol. The van der Waals surface area contributed by atoms with Crippen LogP contribution in [0.1, 0.15) is 12.5 Å². The number of fused-ring (bicyclic) bond motifs is 6. The fourth-order valence-corrected chi connectivity index (χ4v) is 8.67. The van der Waals surface area contributed by atoms with Crippen LogP contribution in [0.5, 0.6) is 0 Å². The summed E-state index contributed by atoms with van der Waals surface area (Å²) in [7, 11) is 0. The second-order valence-electron chi connectivity index (χ2n) is 14.9. The number of nitrogens with zero attached hydrogens (tertiary/aromatic N) is 1. The van der Waals surface area contributed by atoms with Crippen LogP contribution < -0.4 is 4.90 Å². The van der Waals surface area contributed by atoms with Crippen molar-refractivity contribution in [3.63, 3.8) is 0 Å². The third kappa shape index (κ3) is 6.24. The highest BCUT2D eigenvalue weighted by molar-refractivity contribution is 6.15. The van der Waals surface area contributed by atoms with Gasteiger partial charge in [0.1, 0.15) is 0 Å². The summed E-state index contributed by atoms with van der Waals surface area (Å²) in [5, 5.41) is 10.1. The molecule has 10 aromatic carbocycles. The molecule has 58 heavy (non-hydrogen) atoms. The van der Waals surface area contributed by atoms with E-state index in [9.17, 15) is 0 Å². The first kappa shape index (κ1) is 35.0. The van der Waals surface area contributed by atoms with Crippen LogP contribution in [0.3, 0.4) is 0 Å². The molecule has 0 aliphatic carbocycles. The molecule has 10 rings (SSSR count). The Balaban J connectivity index is 1.06. The normalized spacial score (nSPS) is 11.7. The van der Waals surface area contributed by atoms with E-state index in [4.69, 9.17) is 0 Å². The van der Waals surface area contributed by atoms with E-state index in [0.717, 1.165) is 22.6 Å². The Morgan fingerprint density at radius 2 is 0.724 bits per heavy atom. The zero-order chi connectivity index (χ0) is 39.0. The van der Waals surface area contributed by atoms with Gasteiger partial charge in [0.25, 0.3) is 0 Å². The molecular weight excluding hydrogens is 699 g/mol. The summed E-state index contributed by atoms with van der Waals surface area (Å²) in [6, 6.07) is 75.3. The van der Waals surface area contributed by atoms with Gasteiger partial charge in [-0.15, -0.1) is 0 Å². The minimum Gasteiger partial charge on any atom is -0.311 e. The van der Waals surface area contributed by atoms with Gasteiger partial charge in [-0.25, -0.2) is 0 Å². The molecule has 0 saturated carbocycles. The van der Waals surface area contributed by atoms with E-state index < -0.39 is 0 Å². The van der Waals surface area contributed by atoms with Crippen LogP contribution in [0.4, 0.5) is 17.1 Å². The molecule has 0 spiro atoms. The molecule has 10 aromatic rings. The van der Waals surface area contributed by atoms with Gasteiger partial charge in [0, 0.05) is 17.1 Å². The minimum absolute atomic E-state index is 1.09. The maximum Gasteiger partial charge on any atom is 0.0462 e. The molecule has 1 heteroatoms. The lowest BCUT2D eigenvalue weighted by molar-refractivity contribution is 1.28. The lowest BCUT2D eigenvalue weighted by Gasteiger charge is -2.26. The second kappa shape index (κ2) is 14.9. The van der Waals surface area contributed by atoms with Crippen LogP contribution >= 0.6 is 0 Å². The molecule has 0 amide bonds. The Kier molecular flexibility index (Phi) is 8.97. The third-order valence-electron chi connectivity index (χ3n) is 11.6. The van der Waals surface area contributed by atoms with E-state index in [0.29, 0.717) is 0 Å². The average molecular weight is 740 g/mol. The lowest BCUT2D eigenvalue weighted by Crippen LogP contribution is -2.09. The fourth-order valence-electron chi connectivity index (χ4n) is 8.67. The van der Waals surface area contributed by atoms with E-state index >= 15 is 0 Å². The van der Waals surface area contributed by atoms with Crippen molar-refractivity contribution in [2.75, 3.05) is 4.90 Å². The standard InChI is InChI=1S/C57H41N/c1-3-39(4-2)40-21-23-41(24-22-40)42-25-31-47(32-26-42)58(48-33-27-43(28-34-48)56-37-45-13-5-7-15-50(45)52-17-9-11-19-54(52)56)49-35-29-44(30-36-49)57-38-46-14-6-8-16-51(46)53-18-10-12-20-55(53)57/h3-38H,1H2,2H3/b39-4+. The van der Waals surface area contributed by atoms with Crippen LogP contribution in [-0.4, -0.2) is 0 Å². The molecule has 0 saturated heterocycles. The molecule has 0 N–H and O–H groups in total. The second-order valence-corrected chi connectivity index (χ2v) is 14.9. The summed E-state index contributed by atoms with van der Waals surface area (Å²) in [5.74, 6) is 0. The number of anilines is 3. The maximum absolute atomic E-state index is 3.98. The molecule has 0 heterocycles. The number of hydrogen-bond donors (Lipinski definition) is 0. The van der Waals surface area contributed by atoms with Crippen LogP contribution in [-0.2, 0) is 0 Å². The van der Waals surface area contributed by atoms with Crippen LogP contribution in [0, 0.1) is 0 Å². The van der Waals surface area contributed by atoms with Gasteiger partial charge in [0.2, 0.25) is 0 Å². The first-order valence-electron chi connectivity index (χ1n) is 20.0. The van der Waals surface area contributed by atoms with Gasteiger partial charge >= 0.3 is 0 Å². The van der Waals surface area contributed by atoms with Crippen molar-refractivity contribution >= 4 is 65.7 Å². The molecule has 0 aliphatic rings. The minimum atomic E-state index is 1.09. The van der Waals surface area contributed by atoms with E-state index in [1.165, 1.54) is 82.0 Å². The van der Waals surface area contributed by atoms with Gasteiger partial charge in [0.05, 0.1) is 0 Å². The van der Waals surface area contributed by atoms with E-state index in [1.54, 1.807) is 0 Å². The molecule has 0 unspecified atom stereocenters. The van der Waals surface area contributed by atoms with Gasteiger partial charge in [-0.05, 0) is 143 Å². The van der Waals surface area contributed by atoms with E-state index in [-0.39, 0.29) is 0 Å². The van der Waals surface area contributed by atoms with Gasteiger partial charge in [-0.2, -0.15) is 0 Å². The van der Waals surface area contributed by atoms with Crippen molar-refractivity contribution in [3.8, 4) is 33.4 Å². The highest BCUT2D eigenvalue weighted by atomic mass is 15.1. The van der Waals surface area contributed by atoms with Crippen molar-refractivity contribution < 1.29 is 0 Å². The van der Waals surface area contributed by atoms with Gasteiger partial charge in [-0.3, -0.25) is 0 Å². The van der Waals surface area contributed by atoms with E-state index in [1.807, 2.05) is 13.0 Å². The number of benzene rings is 10. The smallest absolute Gasteiger partial charge is 0.0462 e. The molecule has 1 nitrogen and oxygen atoms in total. The monoisotopic (exact) mass is 739 g/mol. The van der Waals surface area contributed by atoms with Crippen molar-refractivity contribution in [2.24, 2.45) is 0 Å². The Morgan fingerprint density at radius 3 is 1.12 bits per heavy atom. The van der Waals surface area contributed by atoms with Crippen LogP contribution in [0.25, 0.3) is 82.0 Å². The molecule has 0 fully saturated rings. The Hall–Kier alpha value is -7.48. The molecule has 0 aliphatic heterocycles. The first-order chi connectivity index (χ1) is 28.7. The number of allylic oxidation sites excluding steroid dienone is 3. The summed E-state index contributed by atoms with van der Waals surface area (Å²) < 4.78 is 0. The quantitative estimate of drug-likeness (QED) is 0.111. The summed E-state index contributed by atoms with van der Waals surface area (Å²) in [6.45, 7) is 6.03. The zero-order valence-electron chi connectivity index (χ0n) is 32.4. The average Bonchev–Trinajstić information content (AvgIpc) is 3.30. The molecule has 0 bridgehead atoms. The van der Waals surface area contributed by atoms with Crippen LogP contribution in [0.2, 0.25) is 0 Å². The van der Waals surface area contributed by atoms with Gasteiger partial charge < -0.3 is 4.90 Å². The molecular formula is C57H41N. The predicted octanol–water partition coefficient (Wildman–Crippen LogP) is 16.4. The zero-order valence-corrected chi connectivity index (χ0v) is 32.4.